The summed E-state index contributed by atoms with van der Waals surface area (Å²) in [7, 11) is 0. The molecule has 8 heavy (non-hydrogen) atoms. The Morgan fingerprint density at radius 3 is 2.50 bits per heavy atom. The summed E-state index contributed by atoms with van der Waals surface area (Å²) >= 11 is 0. The Kier molecular flexibility index (Phi) is 14.4. The zero-order valence-electron chi connectivity index (χ0n) is 5.09. The molecule has 0 aliphatic heterocycles. The molecule has 0 saturated heterocycles. The minimum atomic E-state index is 0. The van der Waals surface area contributed by atoms with Crippen LogP contribution < -0.4 is 0 Å². The van der Waals surface area contributed by atoms with Gasteiger partial charge in [0.2, 0.25) is 0 Å². The maximum atomic E-state index is 3.48. The fourth-order valence-electron chi connectivity index (χ4n) is 0.220. The summed E-state index contributed by atoms with van der Waals surface area (Å²) in [4.78, 5) is 0. The zero-order chi connectivity index (χ0) is 5.54. The predicted octanol–water partition coefficient (Wildman–Crippen LogP) is 2.11. The maximum Gasteiger partial charge on any atom is 0 e. The second-order valence-corrected chi connectivity index (χ2v) is 1.07. The summed E-state index contributed by atoms with van der Waals surface area (Å²) in [5, 5.41) is 0. The third-order valence-electron chi connectivity index (χ3n) is 0.477. The Labute approximate surface area is 76.2 Å². The number of hydrogen-bond donors (Lipinski definition) is 0. The van der Waals surface area contributed by atoms with Gasteiger partial charge in [-0.1, -0.05) is 6.92 Å². The summed E-state index contributed by atoms with van der Waals surface area (Å²) in [5.41, 5.74) is 0. The molecule has 0 heterocycles. The molecule has 0 N–H and O–H groups in total. The first-order chi connectivity index (χ1) is 3.41. The Bertz CT molecular complexity index is 90.6. The maximum absolute atomic E-state index is 3.48. The summed E-state index contributed by atoms with van der Waals surface area (Å²) in [6, 6.07) is 0. The quantitative estimate of drug-likeness (QED) is 0.453. The van der Waals surface area contributed by atoms with Crippen LogP contribution in [-0.2, 0) is 32.7 Å². The van der Waals surface area contributed by atoms with Crippen LogP contribution in [0.4, 0.5) is 0 Å². The summed E-state index contributed by atoms with van der Waals surface area (Å²) in [6.45, 7) is 5.43. The molecule has 0 aliphatic carbocycles. The third-order valence-corrected chi connectivity index (χ3v) is 0.477. The van der Waals surface area contributed by atoms with Crippen molar-refractivity contribution < 1.29 is 32.7 Å². The van der Waals surface area contributed by atoms with Crippen molar-refractivity contribution in [3.63, 3.8) is 0 Å². The van der Waals surface area contributed by atoms with Crippen molar-refractivity contribution in [2.75, 3.05) is 0 Å². The third kappa shape index (κ3) is 9.59. The van der Waals surface area contributed by atoms with E-state index in [9.17, 15) is 0 Å². The number of hydrogen-bond acceptors (Lipinski definition) is 0. The van der Waals surface area contributed by atoms with E-state index < -0.39 is 0 Å². The molecule has 1 radical (unpaired) electrons. The smallest absolute Gasteiger partial charge is 0 e. The van der Waals surface area contributed by atoms with E-state index in [0.717, 1.165) is 0 Å². The SMILES string of the molecule is C=CC=[C-]/C=C/C.[Y]. The first-order valence-corrected chi connectivity index (χ1v) is 2.23. The van der Waals surface area contributed by atoms with Crippen molar-refractivity contribution in [2.24, 2.45) is 0 Å². The Balaban J connectivity index is 0. The van der Waals surface area contributed by atoms with E-state index in [2.05, 4.69) is 12.7 Å². The van der Waals surface area contributed by atoms with Gasteiger partial charge in [-0.2, -0.15) is 37.0 Å². The van der Waals surface area contributed by atoms with Crippen LogP contribution in [0.5, 0.6) is 0 Å². The van der Waals surface area contributed by atoms with Crippen molar-refractivity contribution in [1.82, 2.24) is 0 Å². The van der Waals surface area contributed by atoms with E-state index >= 15 is 0 Å². The van der Waals surface area contributed by atoms with E-state index in [0.29, 0.717) is 0 Å². The molecule has 0 fully saturated rings. The Morgan fingerprint density at radius 1 is 1.50 bits per heavy atom. The largest absolute Gasteiger partial charge is 0.184 e. The van der Waals surface area contributed by atoms with Crippen LogP contribution in [0.2, 0.25) is 0 Å². The summed E-state index contributed by atoms with van der Waals surface area (Å²) in [6.07, 6.45) is 10.1. The monoisotopic (exact) mass is 182 g/mol. The van der Waals surface area contributed by atoms with Gasteiger partial charge >= 0.3 is 0 Å². The van der Waals surface area contributed by atoms with E-state index in [4.69, 9.17) is 0 Å². The van der Waals surface area contributed by atoms with Gasteiger partial charge in [-0.05, 0) is 0 Å². The molecule has 41 valence electrons. The van der Waals surface area contributed by atoms with Gasteiger partial charge in [-0.3, -0.25) is 0 Å². The molecule has 0 amide bonds. The molecule has 0 aromatic carbocycles. The van der Waals surface area contributed by atoms with Gasteiger partial charge < -0.3 is 0 Å². The van der Waals surface area contributed by atoms with E-state index in [1.165, 1.54) is 0 Å². The molecule has 0 aliphatic rings. The second kappa shape index (κ2) is 10.3. The van der Waals surface area contributed by atoms with E-state index in [1.807, 2.05) is 19.1 Å². The van der Waals surface area contributed by atoms with Gasteiger partial charge in [0, 0.05) is 32.7 Å². The predicted molar refractivity (Wildman–Crippen MR) is 32.8 cm³/mol. The number of allylic oxidation sites excluding steroid dienone is 5. The summed E-state index contributed by atoms with van der Waals surface area (Å²) in [5.74, 6) is 0. The zero-order valence-corrected chi connectivity index (χ0v) is 7.93. The first kappa shape index (κ1) is 11.2. The van der Waals surface area contributed by atoms with Crippen molar-refractivity contribution >= 4 is 0 Å². The van der Waals surface area contributed by atoms with Crippen molar-refractivity contribution in [2.45, 2.75) is 6.92 Å². The van der Waals surface area contributed by atoms with Gasteiger partial charge in [0.15, 0.2) is 0 Å². The van der Waals surface area contributed by atoms with Crippen LogP contribution in [0, 0.1) is 6.08 Å². The molecule has 0 rings (SSSR count). The first-order valence-electron chi connectivity index (χ1n) is 2.23. The van der Waals surface area contributed by atoms with Gasteiger partial charge in [-0.15, -0.1) is 0 Å². The minimum Gasteiger partial charge on any atom is -0.184 e. The van der Waals surface area contributed by atoms with Gasteiger partial charge in [-0.25, -0.2) is 0 Å². The standard InChI is InChI=1S/C7H9.Y/c1-3-5-7-6-4-2;/h3-6H,1H2,2H3;/q-1;/b6-4+;. The van der Waals surface area contributed by atoms with Gasteiger partial charge in [0.05, 0.1) is 0 Å². The molecule has 0 aromatic heterocycles. The fourth-order valence-corrected chi connectivity index (χ4v) is 0.220. The molecule has 0 spiro atoms. The molecule has 0 bridgehead atoms. The molecule has 0 atom stereocenters. The summed E-state index contributed by atoms with van der Waals surface area (Å²) < 4.78 is 0. The van der Waals surface area contributed by atoms with Crippen molar-refractivity contribution in [1.29, 1.82) is 0 Å². The molecule has 0 nitrogen and oxygen atoms in total. The van der Waals surface area contributed by atoms with Gasteiger partial charge in [0.25, 0.3) is 0 Å². The molecule has 0 unspecified atom stereocenters. The topological polar surface area (TPSA) is 0 Å². The van der Waals surface area contributed by atoms with Crippen LogP contribution >= 0.6 is 0 Å². The number of rotatable bonds is 2. The second-order valence-electron chi connectivity index (χ2n) is 1.07. The average molecular weight is 182 g/mol. The Morgan fingerprint density at radius 2 is 2.12 bits per heavy atom. The van der Waals surface area contributed by atoms with Crippen LogP contribution in [0.3, 0.4) is 0 Å². The van der Waals surface area contributed by atoms with Crippen LogP contribution in [-0.4, -0.2) is 0 Å². The molecule has 1 heteroatoms. The van der Waals surface area contributed by atoms with E-state index in [-0.39, 0.29) is 32.7 Å². The minimum absolute atomic E-state index is 0. The van der Waals surface area contributed by atoms with Crippen molar-refractivity contribution in [3.8, 4) is 0 Å². The molecular formula is C7H9Y-. The average Bonchev–Trinajstić information content (AvgIpc) is 1.69. The Hall–Kier alpha value is 0.324. The van der Waals surface area contributed by atoms with Crippen LogP contribution in [0.15, 0.2) is 30.9 Å². The normalized spacial score (nSPS) is 9.62. The van der Waals surface area contributed by atoms with Crippen molar-refractivity contribution in [3.05, 3.63) is 37.0 Å². The fraction of sp³-hybridized carbons (Fsp3) is 0.143. The molecular weight excluding hydrogens is 173 g/mol. The van der Waals surface area contributed by atoms with Crippen LogP contribution in [0.25, 0.3) is 0 Å². The van der Waals surface area contributed by atoms with Gasteiger partial charge in [0.1, 0.15) is 0 Å². The van der Waals surface area contributed by atoms with E-state index in [1.54, 1.807) is 12.2 Å². The van der Waals surface area contributed by atoms with Crippen LogP contribution in [0.1, 0.15) is 6.92 Å². The molecule has 0 aromatic rings. The molecule has 0 saturated carbocycles.